The zero-order valence-electron chi connectivity index (χ0n) is 8.42. The van der Waals surface area contributed by atoms with Crippen LogP contribution in [0.15, 0.2) is 12.7 Å². The van der Waals surface area contributed by atoms with Gasteiger partial charge in [0.2, 0.25) is 5.91 Å². The predicted molar refractivity (Wildman–Crippen MR) is 55.5 cm³/mol. The second-order valence-corrected chi connectivity index (χ2v) is 5.09. The van der Waals surface area contributed by atoms with Crippen molar-refractivity contribution in [2.75, 3.05) is 18.1 Å². The molecule has 0 heterocycles. The predicted octanol–water partition coefficient (Wildman–Crippen LogP) is -1.85. The molecule has 0 saturated carbocycles. The lowest BCUT2D eigenvalue weighted by atomic mass is 10.3. The molecule has 0 spiro atoms. The smallest absolute Gasteiger partial charge is 0.328 e. The summed E-state index contributed by atoms with van der Waals surface area (Å²) in [5, 5.41) is 18.9. The molecule has 0 aliphatic rings. The monoisotopic (exact) mass is 251 g/mol. The molecule has 0 fully saturated rings. The van der Waals surface area contributed by atoms with E-state index < -0.39 is 40.1 Å². The van der Waals surface area contributed by atoms with Gasteiger partial charge in [-0.25, -0.2) is 13.2 Å². The van der Waals surface area contributed by atoms with E-state index in [9.17, 15) is 18.0 Å². The van der Waals surface area contributed by atoms with Crippen LogP contribution in [0.25, 0.3) is 0 Å². The SMILES string of the molecule is C=CCS(=O)(=O)CC(=O)NC(CO)C(=O)O. The van der Waals surface area contributed by atoms with Crippen molar-refractivity contribution in [2.45, 2.75) is 6.04 Å². The van der Waals surface area contributed by atoms with Gasteiger partial charge in [-0.15, -0.1) is 6.58 Å². The van der Waals surface area contributed by atoms with Gasteiger partial charge in [-0.05, 0) is 0 Å². The first kappa shape index (κ1) is 14.6. The molecule has 0 aromatic heterocycles. The Morgan fingerprint density at radius 1 is 1.44 bits per heavy atom. The molecule has 1 atom stereocenters. The number of rotatable bonds is 7. The van der Waals surface area contributed by atoms with Crippen molar-refractivity contribution in [3.05, 3.63) is 12.7 Å². The Hall–Kier alpha value is -1.41. The number of hydrogen-bond acceptors (Lipinski definition) is 5. The van der Waals surface area contributed by atoms with Crippen LogP contribution < -0.4 is 5.32 Å². The fourth-order valence-electron chi connectivity index (χ4n) is 0.860. The van der Waals surface area contributed by atoms with Gasteiger partial charge < -0.3 is 15.5 Å². The van der Waals surface area contributed by atoms with Crippen molar-refractivity contribution in [2.24, 2.45) is 0 Å². The molecule has 0 aliphatic heterocycles. The van der Waals surface area contributed by atoms with Crippen LogP contribution in [0.2, 0.25) is 0 Å². The summed E-state index contributed by atoms with van der Waals surface area (Å²) < 4.78 is 22.3. The summed E-state index contributed by atoms with van der Waals surface area (Å²) >= 11 is 0. The summed E-state index contributed by atoms with van der Waals surface area (Å²) in [6, 6.07) is -1.49. The molecule has 3 N–H and O–H groups in total. The minimum atomic E-state index is -3.62. The minimum absolute atomic E-state index is 0.364. The van der Waals surface area contributed by atoms with Crippen LogP contribution in [-0.2, 0) is 19.4 Å². The Kier molecular flexibility index (Phi) is 5.68. The third-order valence-electron chi connectivity index (χ3n) is 1.54. The van der Waals surface area contributed by atoms with Crippen LogP contribution >= 0.6 is 0 Å². The van der Waals surface area contributed by atoms with Gasteiger partial charge in [0.1, 0.15) is 11.8 Å². The Labute approximate surface area is 92.7 Å². The Morgan fingerprint density at radius 2 is 2.00 bits per heavy atom. The number of carbonyl (C=O) groups excluding carboxylic acids is 1. The van der Waals surface area contributed by atoms with Gasteiger partial charge in [-0.2, -0.15) is 0 Å². The molecule has 0 radical (unpaired) electrons. The number of aliphatic hydroxyl groups excluding tert-OH is 1. The number of carboxylic acid groups (broad SMARTS) is 1. The van der Waals surface area contributed by atoms with Crippen LogP contribution in [0.3, 0.4) is 0 Å². The molecule has 92 valence electrons. The van der Waals surface area contributed by atoms with E-state index in [-0.39, 0.29) is 5.75 Å². The summed E-state index contributed by atoms with van der Waals surface area (Å²) in [7, 11) is -3.62. The molecule has 0 aromatic carbocycles. The van der Waals surface area contributed by atoms with Gasteiger partial charge >= 0.3 is 5.97 Å². The van der Waals surface area contributed by atoms with Crippen molar-refractivity contribution in [3.8, 4) is 0 Å². The average molecular weight is 251 g/mol. The highest BCUT2D eigenvalue weighted by Gasteiger charge is 2.22. The summed E-state index contributed by atoms with van der Waals surface area (Å²) in [6.45, 7) is 2.41. The highest BCUT2D eigenvalue weighted by molar-refractivity contribution is 7.92. The van der Waals surface area contributed by atoms with E-state index in [1.54, 1.807) is 0 Å². The normalized spacial score (nSPS) is 12.8. The molecule has 0 bridgehead atoms. The number of carboxylic acids is 1. The zero-order chi connectivity index (χ0) is 12.8. The molecular formula is C8H13NO6S. The van der Waals surface area contributed by atoms with Crippen molar-refractivity contribution in [3.63, 3.8) is 0 Å². The van der Waals surface area contributed by atoms with Crippen molar-refractivity contribution in [1.29, 1.82) is 0 Å². The van der Waals surface area contributed by atoms with Crippen LogP contribution in [-0.4, -0.2) is 54.7 Å². The van der Waals surface area contributed by atoms with E-state index in [4.69, 9.17) is 10.2 Å². The first-order valence-corrected chi connectivity index (χ1v) is 6.09. The number of hydrogen-bond donors (Lipinski definition) is 3. The zero-order valence-corrected chi connectivity index (χ0v) is 9.24. The third-order valence-corrected chi connectivity index (χ3v) is 2.98. The molecule has 1 unspecified atom stereocenters. The third kappa shape index (κ3) is 5.47. The van der Waals surface area contributed by atoms with E-state index in [2.05, 4.69) is 6.58 Å². The molecular weight excluding hydrogens is 238 g/mol. The van der Waals surface area contributed by atoms with Crippen LogP contribution in [0, 0.1) is 0 Å². The fraction of sp³-hybridized carbons (Fsp3) is 0.500. The minimum Gasteiger partial charge on any atom is -0.480 e. The standard InChI is InChI=1S/C8H13NO6S/c1-2-3-16(14,15)5-7(11)9-6(4-10)8(12)13/h2,6,10H,1,3-5H2,(H,9,11)(H,12,13). The van der Waals surface area contributed by atoms with Gasteiger partial charge in [0, 0.05) is 0 Å². The molecule has 16 heavy (non-hydrogen) atoms. The Bertz CT molecular complexity index is 374. The van der Waals surface area contributed by atoms with E-state index in [1.165, 1.54) is 0 Å². The van der Waals surface area contributed by atoms with E-state index >= 15 is 0 Å². The van der Waals surface area contributed by atoms with Crippen LogP contribution in [0.5, 0.6) is 0 Å². The van der Waals surface area contributed by atoms with Gasteiger partial charge in [-0.1, -0.05) is 6.08 Å². The maximum absolute atomic E-state index is 11.1. The molecule has 1 amide bonds. The molecule has 0 aliphatic carbocycles. The van der Waals surface area contributed by atoms with E-state index in [0.717, 1.165) is 6.08 Å². The Morgan fingerprint density at radius 3 is 2.38 bits per heavy atom. The largest absolute Gasteiger partial charge is 0.480 e. The second kappa shape index (κ2) is 6.23. The molecule has 7 nitrogen and oxygen atoms in total. The van der Waals surface area contributed by atoms with Crippen molar-refractivity contribution < 1.29 is 28.2 Å². The van der Waals surface area contributed by atoms with Crippen LogP contribution in [0.4, 0.5) is 0 Å². The van der Waals surface area contributed by atoms with Crippen molar-refractivity contribution in [1.82, 2.24) is 5.32 Å². The van der Waals surface area contributed by atoms with Gasteiger partial charge in [-0.3, -0.25) is 4.79 Å². The molecule has 0 aromatic rings. The van der Waals surface area contributed by atoms with Crippen LogP contribution in [0.1, 0.15) is 0 Å². The summed E-state index contributed by atoms with van der Waals surface area (Å²) in [5.74, 6) is -3.60. The van der Waals surface area contributed by atoms with E-state index in [1.807, 2.05) is 5.32 Å². The van der Waals surface area contributed by atoms with Crippen molar-refractivity contribution >= 4 is 21.7 Å². The molecule has 8 heteroatoms. The summed E-state index contributed by atoms with van der Waals surface area (Å²) in [4.78, 5) is 21.5. The summed E-state index contributed by atoms with van der Waals surface area (Å²) in [5.41, 5.74) is 0. The number of carbonyl (C=O) groups is 2. The molecule has 0 saturated heterocycles. The fourth-order valence-corrected chi connectivity index (χ4v) is 1.82. The summed E-state index contributed by atoms with van der Waals surface area (Å²) in [6.07, 6.45) is 1.13. The second-order valence-electron chi connectivity index (χ2n) is 2.98. The topological polar surface area (TPSA) is 121 Å². The number of aliphatic carboxylic acids is 1. The van der Waals surface area contributed by atoms with E-state index in [0.29, 0.717) is 0 Å². The highest BCUT2D eigenvalue weighted by atomic mass is 32.2. The molecule has 0 rings (SSSR count). The maximum Gasteiger partial charge on any atom is 0.328 e. The number of aliphatic hydroxyl groups is 1. The number of nitrogens with one attached hydrogen (secondary N) is 1. The first-order valence-electron chi connectivity index (χ1n) is 4.26. The quantitative estimate of drug-likeness (QED) is 0.457. The number of amides is 1. The maximum atomic E-state index is 11.1. The lowest BCUT2D eigenvalue weighted by Gasteiger charge is -2.11. The lowest BCUT2D eigenvalue weighted by molar-refractivity contribution is -0.142. The van der Waals surface area contributed by atoms with Gasteiger partial charge in [0.25, 0.3) is 0 Å². The number of sulfone groups is 1. The lowest BCUT2D eigenvalue weighted by Crippen LogP contribution is -2.45. The van der Waals surface area contributed by atoms with Gasteiger partial charge in [0.05, 0.1) is 12.4 Å². The first-order chi connectivity index (χ1) is 7.32. The average Bonchev–Trinajstić information content (AvgIpc) is 2.12. The highest BCUT2D eigenvalue weighted by Crippen LogP contribution is 1.92. The van der Waals surface area contributed by atoms with Gasteiger partial charge in [0.15, 0.2) is 9.84 Å². The Balaban J connectivity index is 4.38.